The summed E-state index contributed by atoms with van der Waals surface area (Å²) in [5, 5.41) is 10.5. The van der Waals surface area contributed by atoms with E-state index < -0.39 is 0 Å². The van der Waals surface area contributed by atoms with Gasteiger partial charge in [0.2, 0.25) is 0 Å². The minimum Gasteiger partial charge on any atom is -0.386 e. The van der Waals surface area contributed by atoms with Crippen LogP contribution in [0, 0.1) is 0 Å². The number of hydrogen-bond acceptors (Lipinski definition) is 5. The van der Waals surface area contributed by atoms with Gasteiger partial charge >= 0.3 is 0 Å². The molecule has 0 amide bonds. The number of nitrogens with two attached hydrogens (primary N) is 2. The Hall–Kier alpha value is -1.65. The molecular weight excluding hydrogens is 130 g/mol. The molecule has 52 valence electrons. The fourth-order valence-electron chi connectivity index (χ4n) is 0.498. The fraction of sp³-hybridized carbons (Fsp3) is 0. The molecule has 0 saturated carbocycles. The maximum atomic E-state index is 5.18. The van der Waals surface area contributed by atoms with Gasteiger partial charge in [-0.1, -0.05) is 0 Å². The Morgan fingerprint density at radius 1 is 1.50 bits per heavy atom. The van der Waals surface area contributed by atoms with E-state index in [0.717, 1.165) is 0 Å². The monoisotopic (exact) mass is 137 g/mol. The van der Waals surface area contributed by atoms with E-state index in [1.807, 2.05) is 0 Å². The van der Waals surface area contributed by atoms with Crippen LogP contribution < -0.4 is 11.5 Å². The van der Waals surface area contributed by atoms with E-state index in [2.05, 4.69) is 15.4 Å². The van der Waals surface area contributed by atoms with Gasteiger partial charge in [-0.3, -0.25) is 0 Å². The summed E-state index contributed by atoms with van der Waals surface area (Å²) < 4.78 is 0. The Labute approximate surface area is 57.7 Å². The molecule has 0 aliphatic carbocycles. The van der Waals surface area contributed by atoms with Crippen molar-refractivity contribution < 1.29 is 0 Å². The van der Waals surface area contributed by atoms with Crippen LogP contribution in [0.2, 0.25) is 0 Å². The van der Waals surface area contributed by atoms with Crippen molar-refractivity contribution in [2.75, 3.05) is 0 Å². The molecule has 1 heterocycles. The maximum absolute atomic E-state index is 5.18. The Morgan fingerprint density at radius 3 is 2.80 bits per heavy atom. The highest BCUT2D eigenvalue weighted by Crippen LogP contribution is 1.91. The molecule has 5 heteroatoms. The van der Waals surface area contributed by atoms with Crippen molar-refractivity contribution in [3.63, 3.8) is 0 Å². The second kappa shape index (κ2) is 2.77. The Morgan fingerprint density at radius 2 is 2.30 bits per heavy atom. The van der Waals surface area contributed by atoms with Crippen molar-refractivity contribution in [2.24, 2.45) is 11.5 Å². The molecule has 0 aliphatic heterocycles. The molecule has 5 nitrogen and oxygen atoms in total. The topological polar surface area (TPSA) is 90.7 Å². The van der Waals surface area contributed by atoms with E-state index in [1.165, 1.54) is 12.3 Å². The molecule has 0 spiro atoms. The minimum atomic E-state index is 0.209. The predicted octanol–water partition coefficient (Wildman–Crippen LogP) is -0.913. The van der Waals surface area contributed by atoms with Gasteiger partial charge in [-0.2, -0.15) is 0 Å². The lowest BCUT2D eigenvalue weighted by Crippen LogP contribution is -2.07. The molecule has 0 saturated heterocycles. The number of rotatable bonds is 1. The molecule has 4 N–H and O–H groups in total. The SMILES string of the molecule is NC(N)=Cc1ccnnn1. The van der Waals surface area contributed by atoms with Crippen LogP contribution in [0.15, 0.2) is 18.1 Å². The highest BCUT2D eigenvalue weighted by Gasteiger charge is 1.86. The predicted molar refractivity (Wildman–Crippen MR) is 36.2 cm³/mol. The van der Waals surface area contributed by atoms with Gasteiger partial charge in [0.15, 0.2) is 0 Å². The second-order valence-electron chi connectivity index (χ2n) is 1.69. The highest BCUT2D eigenvalue weighted by molar-refractivity contribution is 5.45. The zero-order chi connectivity index (χ0) is 7.40. The van der Waals surface area contributed by atoms with Crippen LogP contribution >= 0.6 is 0 Å². The molecule has 0 unspecified atom stereocenters. The third kappa shape index (κ3) is 1.70. The third-order valence-electron chi connectivity index (χ3n) is 0.838. The molecule has 0 radical (unpaired) electrons. The van der Waals surface area contributed by atoms with Crippen molar-refractivity contribution in [1.29, 1.82) is 0 Å². The lowest BCUT2D eigenvalue weighted by molar-refractivity contribution is 0.856. The van der Waals surface area contributed by atoms with Gasteiger partial charge in [-0.05, 0) is 11.3 Å². The summed E-state index contributed by atoms with van der Waals surface area (Å²) in [6, 6.07) is 1.66. The highest BCUT2D eigenvalue weighted by atomic mass is 15.3. The molecule has 0 atom stereocenters. The minimum absolute atomic E-state index is 0.209. The van der Waals surface area contributed by atoms with Gasteiger partial charge in [0.25, 0.3) is 0 Å². The Bertz CT molecular complexity index is 225. The standard InChI is InChI=1S/C5H7N5/c6-5(7)3-4-1-2-8-10-9-4/h1-3H,6-7H2. The van der Waals surface area contributed by atoms with Crippen LogP contribution in [0.25, 0.3) is 6.08 Å². The van der Waals surface area contributed by atoms with Crippen LogP contribution in [0.4, 0.5) is 0 Å². The van der Waals surface area contributed by atoms with Crippen LogP contribution in [0.1, 0.15) is 5.69 Å². The molecule has 1 aromatic heterocycles. The molecule has 10 heavy (non-hydrogen) atoms. The Kier molecular flexibility index (Phi) is 1.79. The van der Waals surface area contributed by atoms with E-state index in [0.29, 0.717) is 5.69 Å². The van der Waals surface area contributed by atoms with Crippen molar-refractivity contribution in [2.45, 2.75) is 0 Å². The lowest BCUT2D eigenvalue weighted by Gasteiger charge is -1.89. The van der Waals surface area contributed by atoms with Gasteiger partial charge in [0.1, 0.15) is 0 Å². The van der Waals surface area contributed by atoms with E-state index in [1.54, 1.807) is 6.07 Å². The molecule has 0 aliphatic rings. The van der Waals surface area contributed by atoms with Crippen LogP contribution in [-0.2, 0) is 0 Å². The van der Waals surface area contributed by atoms with Gasteiger partial charge < -0.3 is 11.5 Å². The van der Waals surface area contributed by atoms with Crippen molar-refractivity contribution >= 4 is 6.08 Å². The van der Waals surface area contributed by atoms with Gasteiger partial charge in [0, 0.05) is 6.08 Å². The number of hydrogen-bond donors (Lipinski definition) is 2. The van der Waals surface area contributed by atoms with E-state index >= 15 is 0 Å². The maximum Gasteiger partial charge on any atom is 0.0956 e. The molecule has 0 bridgehead atoms. The van der Waals surface area contributed by atoms with Gasteiger partial charge in [0.05, 0.1) is 17.7 Å². The van der Waals surface area contributed by atoms with Crippen LogP contribution in [-0.4, -0.2) is 15.4 Å². The first-order chi connectivity index (χ1) is 4.79. The Balaban J connectivity index is 2.87. The summed E-state index contributed by atoms with van der Waals surface area (Å²) in [5.41, 5.74) is 11.0. The smallest absolute Gasteiger partial charge is 0.0956 e. The van der Waals surface area contributed by atoms with E-state index in [-0.39, 0.29) is 5.82 Å². The first kappa shape index (κ1) is 6.47. The molecule has 0 fully saturated rings. The zero-order valence-electron chi connectivity index (χ0n) is 5.23. The molecule has 1 rings (SSSR count). The lowest BCUT2D eigenvalue weighted by atomic mass is 10.4. The van der Waals surface area contributed by atoms with Gasteiger partial charge in [-0.15, -0.1) is 10.2 Å². The van der Waals surface area contributed by atoms with Crippen LogP contribution in [0.3, 0.4) is 0 Å². The zero-order valence-corrected chi connectivity index (χ0v) is 5.23. The normalized spacial score (nSPS) is 8.80. The van der Waals surface area contributed by atoms with E-state index in [9.17, 15) is 0 Å². The average molecular weight is 137 g/mol. The first-order valence-electron chi connectivity index (χ1n) is 2.66. The summed E-state index contributed by atoms with van der Waals surface area (Å²) in [6.07, 6.45) is 3.02. The average Bonchev–Trinajstić information content (AvgIpc) is 1.88. The third-order valence-corrected chi connectivity index (χ3v) is 0.838. The molecule has 1 aromatic rings. The van der Waals surface area contributed by atoms with Crippen molar-refractivity contribution in [3.05, 3.63) is 23.8 Å². The van der Waals surface area contributed by atoms with Crippen molar-refractivity contribution in [3.8, 4) is 0 Å². The van der Waals surface area contributed by atoms with Gasteiger partial charge in [-0.25, -0.2) is 0 Å². The summed E-state index contributed by atoms with van der Waals surface area (Å²) in [4.78, 5) is 0. The summed E-state index contributed by atoms with van der Waals surface area (Å²) in [5.74, 6) is 0.209. The molecular formula is C5H7N5. The summed E-state index contributed by atoms with van der Waals surface area (Å²) in [6.45, 7) is 0. The summed E-state index contributed by atoms with van der Waals surface area (Å²) >= 11 is 0. The fourth-order valence-corrected chi connectivity index (χ4v) is 0.498. The van der Waals surface area contributed by atoms with Crippen molar-refractivity contribution in [1.82, 2.24) is 15.4 Å². The summed E-state index contributed by atoms with van der Waals surface area (Å²) in [7, 11) is 0. The largest absolute Gasteiger partial charge is 0.386 e. The number of nitrogens with zero attached hydrogens (tertiary/aromatic N) is 3. The number of aromatic nitrogens is 3. The molecule has 0 aromatic carbocycles. The van der Waals surface area contributed by atoms with Crippen LogP contribution in [0.5, 0.6) is 0 Å². The quantitative estimate of drug-likeness (QED) is 0.522. The van der Waals surface area contributed by atoms with E-state index in [4.69, 9.17) is 11.5 Å². The first-order valence-corrected chi connectivity index (χ1v) is 2.66. The second-order valence-corrected chi connectivity index (χ2v) is 1.69.